The molecule has 1 N–H and O–H groups in total. The molecule has 2 aromatic carbocycles. The van der Waals surface area contributed by atoms with Crippen molar-refractivity contribution in [3.05, 3.63) is 66.2 Å². The average molecular weight is 512 g/mol. The Hall–Kier alpha value is -3.53. The van der Waals surface area contributed by atoms with Gasteiger partial charge in [0.25, 0.3) is 0 Å². The maximum atomic E-state index is 14.1. The molecule has 8 nitrogen and oxygen atoms in total. The molecule has 0 bridgehead atoms. The van der Waals surface area contributed by atoms with Gasteiger partial charge in [0.05, 0.1) is 25.7 Å². The third-order valence-electron chi connectivity index (χ3n) is 5.96. The van der Waals surface area contributed by atoms with Gasteiger partial charge in [0.2, 0.25) is 5.91 Å². The first-order valence-electron chi connectivity index (χ1n) is 11.7. The van der Waals surface area contributed by atoms with E-state index in [1.54, 1.807) is 20.3 Å². The molecule has 0 radical (unpaired) electrons. The number of rotatable bonds is 10. The summed E-state index contributed by atoms with van der Waals surface area (Å²) in [5.74, 6) is 2.18. The van der Waals surface area contributed by atoms with Crippen LogP contribution in [0.5, 0.6) is 11.5 Å². The van der Waals surface area contributed by atoms with Crippen LogP contribution in [0, 0.1) is 5.82 Å². The molecule has 0 aliphatic carbocycles. The van der Waals surface area contributed by atoms with E-state index in [1.807, 2.05) is 36.4 Å². The van der Waals surface area contributed by atoms with Crippen molar-refractivity contribution in [1.82, 2.24) is 15.3 Å². The van der Waals surface area contributed by atoms with Crippen LogP contribution < -0.4 is 24.6 Å². The van der Waals surface area contributed by atoms with Crippen molar-refractivity contribution in [3.63, 3.8) is 0 Å². The van der Waals surface area contributed by atoms with Crippen LogP contribution in [-0.4, -0.2) is 68.6 Å². The lowest BCUT2D eigenvalue weighted by Gasteiger charge is -2.36. The van der Waals surface area contributed by atoms with Crippen LogP contribution in [0.1, 0.15) is 5.56 Å². The topological polar surface area (TPSA) is 79.8 Å². The number of nitrogens with one attached hydrogen (secondary N) is 1. The van der Waals surface area contributed by atoms with Crippen LogP contribution in [0.2, 0.25) is 0 Å². The summed E-state index contributed by atoms with van der Waals surface area (Å²) in [6.07, 6.45) is 2.21. The number of halogens is 1. The van der Waals surface area contributed by atoms with Crippen molar-refractivity contribution in [2.24, 2.45) is 0 Å². The summed E-state index contributed by atoms with van der Waals surface area (Å²) in [5.41, 5.74) is 1.68. The third-order valence-corrected chi connectivity index (χ3v) is 6.88. The van der Waals surface area contributed by atoms with Gasteiger partial charge in [-0.15, -0.1) is 0 Å². The second kappa shape index (κ2) is 12.4. The minimum absolute atomic E-state index is 0.0564. The Kier molecular flexibility index (Phi) is 8.83. The maximum Gasteiger partial charge on any atom is 0.230 e. The van der Waals surface area contributed by atoms with Gasteiger partial charge < -0.3 is 24.6 Å². The summed E-state index contributed by atoms with van der Waals surface area (Å²) in [5, 5.41) is 3.69. The number of hydrogen-bond acceptors (Lipinski definition) is 8. The largest absolute Gasteiger partial charge is 0.493 e. The van der Waals surface area contributed by atoms with Gasteiger partial charge in [-0.05, 0) is 36.2 Å². The maximum absolute atomic E-state index is 14.1. The minimum Gasteiger partial charge on any atom is -0.493 e. The fourth-order valence-electron chi connectivity index (χ4n) is 4.04. The molecule has 1 aromatic heterocycles. The fraction of sp³-hybridized carbons (Fsp3) is 0.346. The summed E-state index contributed by atoms with van der Waals surface area (Å²) < 4.78 is 24.7. The Balaban J connectivity index is 1.22. The predicted octanol–water partition coefficient (Wildman–Crippen LogP) is 3.41. The molecule has 1 saturated heterocycles. The Morgan fingerprint density at radius 2 is 1.75 bits per heavy atom. The van der Waals surface area contributed by atoms with Crippen LogP contribution in [0.15, 0.2) is 59.9 Å². The van der Waals surface area contributed by atoms with Crippen LogP contribution in [0.4, 0.5) is 15.9 Å². The number of amides is 1. The second-order valence-corrected chi connectivity index (χ2v) is 9.21. The Morgan fingerprint density at radius 1 is 1.00 bits per heavy atom. The van der Waals surface area contributed by atoms with Crippen LogP contribution in [0.3, 0.4) is 0 Å². The van der Waals surface area contributed by atoms with Gasteiger partial charge in [0, 0.05) is 38.8 Å². The van der Waals surface area contributed by atoms with Crippen LogP contribution in [0.25, 0.3) is 0 Å². The zero-order valence-corrected chi connectivity index (χ0v) is 21.3. The van der Waals surface area contributed by atoms with Gasteiger partial charge in [-0.1, -0.05) is 30.0 Å². The molecule has 190 valence electrons. The number of piperazine rings is 1. The first kappa shape index (κ1) is 25.6. The first-order chi connectivity index (χ1) is 17.6. The molecule has 0 unspecified atom stereocenters. The average Bonchev–Trinajstić information content (AvgIpc) is 2.92. The Labute approximate surface area is 214 Å². The molecule has 1 fully saturated rings. The van der Waals surface area contributed by atoms with Crippen molar-refractivity contribution >= 4 is 29.2 Å². The standard InChI is InChI=1S/C26H30FN5O3S/c1-34-22-8-7-19(15-23(22)35-2)9-10-28-25(33)17-36-26-16-24(29-18-30-26)32-13-11-31(12-14-32)21-6-4-3-5-20(21)27/h3-8,15-16,18H,9-14,17H2,1-2H3,(H,28,33). The van der Waals surface area contributed by atoms with E-state index in [0.717, 1.165) is 29.5 Å². The van der Waals surface area contributed by atoms with E-state index >= 15 is 0 Å². The molecule has 4 rings (SSSR count). The second-order valence-electron chi connectivity index (χ2n) is 8.22. The van der Waals surface area contributed by atoms with Crippen LogP contribution >= 0.6 is 11.8 Å². The molecule has 0 atom stereocenters. The highest BCUT2D eigenvalue weighted by atomic mass is 32.2. The highest BCUT2D eigenvalue weighted by Gasteiger charge is 2.20. The molecule has 2 heterocycles. The van der Waals surface area contributed by atoms with Gasteiger partial charge in [-0.3, -0.25) is 4.79 Å². The number of benzene rings is 2. The lowest BCUT2D eigenvalue weighted by atomic mass is 10.1. The van der Waals surface area contributed by atoms with E-state index in [9.17, 15) is 9.18 Å². The highest BCUT2D eigenvalue weighted by molar-refractivity contribution is 7.99. The predicted molar refractivity (Wildman–Crippen MR) is 140 cm³/mol. The zero-order valence-electron chi connectivity index (χ0n) is 20.4. The molecule has 1 aliphatic rings. The van der Waals surface area contributed by atoms with Gasteiger partial charge in [0.1, 0.15) is 23.0 Å². The SMILES string of the molecule is COc1ccc(CCNC(=O)CSc2cc(N3CCN(c4ccccc4F)CC3)ncn2)cc1OC. The molecular formula is C26H30FN5O3S. The molecule has 0 saturated carbocycles. The van der Waals surface area contributed by atoms with Crippen LogP contribution in [-0.2, 0) is 11.2 Å². The molecule has 1 amide bonds. The first-order valence-corrected chi connectivity index (χ1v) is 12.7. The van der Waals surface area contributed by atoms with Crippen molar-refractivity contribution < 1.29 is 18.7 Å². The molecule has 10 heteroatoms. The van der Waals surface area contributed by atoms with Gasteiger partial charge in [-0.25, -0.2) is 14.4 Å². The number of carbonyl (C=O) groups is 1. The molecule has 36 heavy (non-hydrogen) atoms. The van der Waals surface area contributed by atoms with Crippen molar-refractivity contribution in [3.8, 4) is 11.5 Å². The summed E-state index contributed by atoms with van der Waals surface area (Å²) >= 11 is 1.38. The Morgan fingerprint density at radius 3 is 2.50 bits per heavy atom. The number of para-hydroxylation sites is 1. The number of aromatic nitrogens is 2. The quantitative estimate of drug-likeness (QED) is 0.328. The number of anilines is 2. The minimum atomic E-state index is -0.200. The molecule has 3 aromatic rings. The van der Waals surface area contributed by atoms with Crippen molar-refractivity contribution in [2.75, 3.05) is 62.5 Å². The van der Waals surface area contributed by atoms with Gasteiger partial charge >= 0.3 is 0 Å². The van der Waals surface area contributed by atoms with E-state index in [1.165, 1.54) is 24.2 Å². The fourth-order valence-corrected chi connectivity index (χ4v) is 4.73. The number of methoxy groups -OCH3 is 2. The summed E-state index contributed by atoms with van der Waals surface area (Å²) in [4.78, 5) is 25.3. The number of carbonyl (C=O) groups excluding carboxylic acids is 1. The number of ether oxygens (including phenoxy) is 2. The number of nitrogens with zero attached hydrogens (tertiary/aromatic N) is 4. The zero-order chi connectivity index (χ0) is 25.3. The smallest absolute Gasteiger partial charge is 0.230 e. The Bertz CT molecular complexity index is 1170. The summed E-state index contributed by atoms with van der Waals surface area (Å²) in [6, 6.07) is 14.5. The van der Waals surface area contributed by atoms with Gasteiger partial charge in [-0.2, -0.15) is 0 Å². The molecular weight excluding hydrogens is 481 g/mol. The summed E-state index contributed by atoms with van der Waals surface area (Å²) in [7, 11) is 3.20. The van der Waals surface area contributed by atoms with E-state index < -0.39 is 0 Å². The van der Waals surface area contributed by atoms with E-state index in [4.69, 9.17) is 9.47 Å². The summed E-state index contributed by atoms with van der Waals surface area (Å²) in [6.45, 7) is 3.39. The van der Waals surface area contributed by atoms with Crippen molar-refractivity contribution in [2.45, 2.75) is 11.4 Å². The normalized spacial score (nSPS) is 13.4. The van der Waals surface area contributed by atoms with Crippen molar-refractivity contribution in [1.29, 1.82) is 0 Å². The molecule has 0 spiro atoms. The van der Waals surface area contributed by atoms with E-state index in [-0.39, 0.29) is 17.5 Å². The number of thioether (sulfide) groups is 1. The molecule has 1 aliphatic heterocycles. The van der Waals surface area contributed by atoms with Gasteiger partial charge in [0.15, 0.2) is 11.5 Å². The number of hydrogen-bond donors (Lipinski definition) is 1. The third kappa shape index (κ3) is 6.57. The van der Waals surface area contributed by atoms with E-state index in [2.05, 4.69) is 25.1 Å². The lowest BCUT2D eigenvalue weighted by Crippen LogP contribution is -2.47. The lowest BCUT2D eigenvalue weighted by molar-refractivity contribution is -0.118. The monoisotopic (exact) mass is 511 g/mol. The highest BCUT2D eigenvalue weighted by Crippen LogP contribution is 2.28. The van der Waals surface area contributed by atoms with E-state index in [0.29, 0.717) is 43.2 Å².